The van der Waals surface area contributed by atoms with Crippen LogP contribution in [0, 0.1) is 6.92 Å². The number of thiophene rings is 1. The molecule has 1 atom stereocenters. The lowest BCUT2D eigenvalue weighted by Crippen LogP contribution is -2.48. The summed E-state index contributed by atoms with van der Waals surface area (Å²) in [6.07, 6.45) is 0.388. The van der Waals surface area contributed by atoms with Crippen LogP contribution in [-0.2, 0) is 11.2 Å². The Morgan fingerprint density at radius 1 is 0.919 bits per heavy atom. The Hall–Kier alpha value is -4.10. The predicted molar refractivity (Wildman–Crippen MR) is 150 cm³/mol. The summed E-state index contributed by atoms with van der Waals surface area (Å²) < 4.78 is 5.18. The standard InChI is InChI=1S/C30H31N3O3S/c1-21-4-3-5-24(18-21)29(34)33-28(19-22-6-8-23(9-7-22)25-14-17-37-20-25)30(35)32-16-15-31-26-10-12-27(36-2)13-11-26/h3-14,17-18,20,28,31H,15-16,19H2,1-2H3,(H,32,35)(H,33,34)/t28-/m0/s1. The smallest absolute Gasteiger partial charge is 0.251 e. The van der Waals surface area contributed by atoms with E-state index >= 15 is 0 Å². The van der Waals surface area contributed by atoms with E-state index in [1.54, 1.807) is 24.5 Å². The zero-order chi connectivity index (χ0) is 26.0. The molecule has 1 heterocycles. The summed E-state index contributed by atoms with van der Waals surface area (Å²) >= 11 is 1.66. The Labute approximate surface area is 221 Å². The van der Waals surface area contributed by atoms with Crippen molar-refractivity contribution in [1.82, 2.24) is 10.6 Å². The minimum atomic E-state index is -0.707. The van der Waals surface area contributed by atoms with E-state index in [4.69, 9.17) is 4.74 Å². The van der Waals surface area contributed by atoms with Crippen molar-refractivity contribution < 1.29 is 14.3 Å². The highest BCUT2D eigenvalue weighted by atomic mass is 32.1. The maximum atomic E-state index is 13.2. The van der Waals surface area contributed by atoms with Crippen molar-refractivity contribution in [3.05, 3.63) is 106 Å². The van der Waals surface area contributed by atoms with Crippen LogP contribution < -0.4 is 20.7 Å². The van der Waals surface area contributed by atoms with Crippen LogP contribution >= 0.6 is 11.3 Å². The molecule has 0 aliphatic carbocycles. The van der Waals surface area contributed by atoms with Gasteiger partial charge in [-0.25, -0.2) is 0 Å². The van der Waals surface area contributed by atoms with Gasteiger partial charge in [0.15, 0.2) is 0 Å². The topological polar surface area (TPSA) is 79.5 Å². The average Bonchev–Trinajstić information content (AvgIpc) is 3.46. The third-order valence-electron chi connectivity index (χ3n) is 5.99. The van der Waals surface area contributed by atoms with E-state index in [9.17, 15) is 9.59 Å². The molecule has 37 heavy (non-hydrogen) atoms. The van der Waals surface area contributed by atoms with Crippen molar-refractivity contribution in [3.8, 4) is 16.9 Å². The molecule has 190 valence electrons. The van der Waals surface area contributed by atoms with E-state index in [-0.39, 0.29) is 11.8 Å². The molecule has 0 radical (unpaired) electrons. The van der Waals surface area contributed by atoms with Gasteiger partial charge in [-0.15, -0.1) is 0 Å². The van der Waals surface area contributed by atoms with Gasteiger partial charge in [0.25, 0.3) is 5.91 Å². The first-order chi connectivity index (χ1) is 18.0. The molecule has 2 amide bonds. The molecule has 4 rings (SSSR count). The van der Waals surface area contributed by atoms with Crippen molar-refractivity contribution in [1.29, 1.82) is 0 Å². The minimum Gasteiger partial charge on any atom is -0.497 e. The van der Waals surface area contributed by atoms with E-state index in [1.807, 2.05) is 79.0 Å². The van der Waals surface area contributed by atoms with Gasteiger partial charge in [-0.2, -0.15) is 11.3 Å². The second-order valence-corrected chi connectivity index (χ2v) is 9.53. The van der Waals surface area contributed by atoms with E-state index in [1.165, 1.54) is 5.56 Å². The third kappa shape index (κ3) is 7.44. The molecule has 7 heteroatoms. The lowest BCUT2D eigenvalue weighted by atomic mass is 10.0. The van der Waals surface area contributed by atoms with Gasteiger partial charge in [0.05, 0.1) is 7.11 Å². The summed E-state index contributed by atoms with van der Waals surface area (Å²) in [6, 6.07) is 24.4. The number of hydrogen-bond acceptors (Lipinski definition) is 5. The Bertz CT molecular complexity index is 1300. The van der Waals surface area contributed by atoms with Crippen molar-refractivity contribution in [2.75, 3.05) is 25.5 Å². The first-order valence-electron chi connectivity index (χ1n) is 12.2. The van der Waals surface area contributed by atoms with Gasteiger partial charge >= 0.3 is 0 Å². The quantitative estimate of drug-likeness (QED) is 0.238. The van der Waals surface area contributed by atoms with Gasteiger partial charge in [-0.05, 0) is 76.8 Å². The highest BCUT2D eigenvalue weighted by Crippen LogP contribution is 2.22. The largest absolute Gasteiger partial charge is 0.497 e. The SMILES string of the molecule is COc1ccc(NCCNC(=O)[C@H](Cc2ccc(-c3ccsc3)cc2)NC(=O)c2cccc(C)c2)cc1. The normalized spacial score (nSPS) is 11.4. The fourth-order valence-corrected chi connectivity index (χ4v) is 4.62. The molecule has 4 aromatic rings. The van der Waals surface area contributed by atoms with Crippen LogP contribution in [0.25, 0.3) is 11.1 Å². The summed E-state index contributed by atoms with van der Waals surface area (Å²) in [5.74, 6) is 0.295. The maximum absolute atomic E-state index is 13.2. The minimum absolute atomic E-state index is 0.223. The summed E-state index contributed by atoms with van der Waals surface area (Å²) in [5, 5.41) is 13.3. The van der Waals surface area contributed by atoms with Crippen LogP contribution in [0.5, 0.6) is 5.75 Å². The number of anilines is 1. The Morgan fingerprint density at radius 3 is 2.38 bits per heavy atom. The highest BCUT2D eigenvalue weighted by molar-refractivity contribution is 7.08. The van der Waals surface area contributed by atoms with Gasteiger partial charge in [-0.3, -0.25) is 9.59 Å². The maximum Gasteiger partial charge on any atom is 0.251 e. The molecular weight excluding hydrogens is 482 g/mol. The number of carbonyl (C=O) groups is 2. The van der Waals surface area contributed by atoms with E-state index in [0.717, 1.165) is 28.1 Å². The lowest BCUT2D eigenvalue weighted by Gasteiger charge is -2.19. The van der Waals surface area contributed by atoms with E-state index in [2.05, 4.69) is 27.4 Å². The van der Waals surface area contributed by atoms with Crippen LogP contribution in [0.1, 0.15) is 21.5 Å². The monoisotopic (exact) mass is 513 g/mol. The van der Waals surface area contributed by atoms with Crippen LogP contribution in [0.4, 0.5) is 5.69 Å². The molecule has 0 bridgehead atoms. The molecule has 0 aliphatic heterocycles. The zero-order valence-electron chi connectivity index (χ0n) is 21.0. The number of ether oxygens (including phenoxy) is 1. The third-order valence-corrected chi connectivity index (χ3v) is 6.68. The Morgan fingerprint density at radius 2 is 1.70 bits per heavy atom. The van der Waals surface area contributed by atoms with Gasteiger partial charge in [-0.1, -0.05) is 42.0 Å². The summed E-state index contributed by atoms with van der Waals surface area (Å²) in [5.41, 5.74) is 5.72. The number of rotatable bonds is 11. The first-order valence-corrected chi connectivity index (χ1v) is 13.1. The van der Waals surface area contributed by atoms with E-state index in [0.29, 0.717) is 25.1 Å². The van der Waals surface area contributed by atoms with Crippen LogP contribution in [0.2, 0.25) is 0 Å². The number of carbonyl (C=O) groups excluding carboxylic acids is 2. The first kappa shape index (κ1) is 26.0. The van der Waals surface area contributed by atoms with Crippen molar-refractivity contribution >= 4 is 28.8 Å². The molecule has 0 fully saturated rings. The van der Waals surface area contributed by atoms with Crippen molar-refractivity contribution in [2.45, 2.75) is 19.4 Å². The Balaban J connectivity index is 1.39. The second kappa shape index (κ2) is 12.7. The van der Waals surface area contributed by atoms with Crippen molar-refractivity contribution in [2.24, 2.45) is 0 Å². The molecule has 3 aromatic carbocycles. The molecule has 0 unspecified atom stereocenters. The highest BCUT2D eigenvalue weighted by Gasteiger charge is 2.22. The van der Waals surface area contributed by atoms with Crippen LogP contribution in [0.15, 0.2) is 89.6 Å². The predicted octanol–water partition coefficient (Wildman–Crippen LogP) is 5.30. The number of aryl methyl sites for hydroxylation is 1. The lowest BCUT2D eigenvalue weighted by molar-refractivity contribution is -0.122. The van der Waals surface area contributed by atoms with Gasteiger partial charge < -0.3 is 20.7 Å². The molecule has 0 saturated carbocycles. The Kier molecular flexibility index (Phi) is 8.94. The summed E-state index contributed by atoms with van der Waals surface area (Å²) in [7, 11) is 1.63. The molecule has 3 N–H and O–H groups in total. The summed E-state index contributed by atoms with van der Waals surface area (Å²) in [4.78, 5) is 26.1. The zero-order valence-corrected chi connectivity index (χ0v) is 21.8. The van der Waals surface area contributed by atoms with Gasteiger partial charge in [0.2, 0.25) is 5.91 Å². The number of nitrogens with one attached hydrogen (secondary N) is 3. The van der Waals surface area contributed by atoms with Crippen molar-refractivity contribution in [3.63, 3.8) is 0 Å². The molecule has 0 saturated heterocycles. The second-order valence-electron chi connectivity index (χ2n) is 8.75. The fraction of sp³-hybridized carbons (Fsp3) is 0.200. The average molecular weight is 514 g/mol. The molecular formula is C30H31N3O3S. The van der Waals surface area contributed by atoms with Gasteiger partial charge in [0.1, 0.15) is 11.8 Å². The van der Waals surface area contributed by atoms with E-state index < -0.39 is 6.04 Å². The summed E-state index contributed by atoms with van der Waals surface area (Å²) in [6.45, 7) is 2.90. The van der Waals surface area contributed by atoms with Crippen LogP contribution in [-0.4, -0.2) is 38.1 Å². The molecule has 0 aliphatic rings. The fourth-order valence-electron chi connectivity index (χ4n) is 3.96. The molecule has 0 spiro atoms. The number of amides is 2. The molecule has 1 aromatic heterocycles. The van der Waals surface area contributed by atoms with Crippen LogP contribution in [0.3, 0.4) is 0 Å². The van der Waals surface area contributed by atoms with Gasteiger partial charge in [0, 0.05) is 30.8 Å². The molecule has 6 nitrogen and oxygen atoms in total. The number of benzene rings is 3. The number of hydrogen-bond donors (Lipinski definition) is 3. The number of methoxy groups -OCH3 is 1.